The molecule has 1 N–H and O–H groups in total. The molecule has 3 aromatic carbocycles. The molecule has 1 fully saturated rings. The number of ketones is 1. The number of nitrogens with zero attached hydrogens (tertiary/aromatic N) is 1. The molecule has 0 bridgehead atoms. The van der Waals surface area contributed by atoms with E-state index in [0.29, 0.717) is 23.7 Å². The first-order chi connectivity index (χ1) is 17.4. The number of ether oxygens (including phenoxy) is 2. The molecular weight excluding hydrogens is 458 g/mol. The minimum Gasteiger partial charge on any atom is -0.491 e. The van der Waals surface area contributed by atoms with Gasteiger partial charge in [-0.25, -0.2) is 4.79 Å². The molecule has 7 nitrogen and oxygen atoms in total. The van der Waals surface area contributed by atoms with Crippen LogP contribution in [-0.2, 0) is 22.4 Å². The van der Waals surface area contributed by atoms with Crippen LogP contribution >= 0.6 is 0 Å². The van der Waals surface area contributed by atoms with E-state index in [1.807, 2.05) is 41.3 Å². The number of carboxylic acids is 1. The monoisotopic (exact) mass is 487 g/mol. The number of carboxylic acid groups (broad SMARTS) is 1. The summed E-state index contributed by atoms with van der Waals surface area (Å²) < 4.78 is 11.8. The van der Waals surface area contributed by atoms with Gasteiger partial charge >= 0.3 is 5.97 Å². The zero-order valence-corrected chi connectivity index (χ0v) is 20.2. The minimum atomic E-state index is -1.03. The molecule has 0 aliphatic carbocycles. The van der Waals surface area contributed by atoms with Gasteiger partial charge in [0.15, 0.2) is 0 Å². The molecule has 1 heterocycles. The van der Waals surface area contributed by atoms with Gasteiger partial charge in [0, 0.05) is 26.3 Å². The lowest BCUT2D eigenvalue weighted by molar-refractivity contribution is -0.130. The number of likely N-dealkylation sites (tertiary alicyclic amines) is 1. The molecule has 0 aromatic heterocycles. The van der Waals surface area contributed by atoms with Gasteiger partial charge in [0.25, 0.3) is 0 Å². The van der Waals surface area contributed by atoms with Crippen molar-refractivity contribution in [2.24, 2.45) is 0 Å². The molecule has 1 saturated heterocycles. The molecule has 4 rings (SSSR count). The number of Topliss-reactive ketones (excluding diaryl/α,β-unsaturated/α-hetero) is 1. The zero-order valence-electron chi connectivity index (χ0n) is 20.2. The molecule has 1 aliphatic rings. The third-order valence-corrected chi connectivity index (χ3v) is 6.24. The Kier molecular flexibility index (Phi) is 8.00. The maximum atomic E-state index is 12.5. The Hall–Kier alpha value is -4.13. The second-order valence-corrected chi connectivity index (χ2v) is 8.89. The van der Waals surface area contributed by atoms with Crippen LogP contribution in [0.15, 0.2) is 72.8 Å². The van der Waals surface area contributed by atoms with E-state index in [9.17, 15) is 19.5 Å². The highest BCUT2D eigenvalue weighted by Gasteiger charge is 2.26. The number of hydrogen-bond acceptors (Lipinski definition) is 5. The third-order valence-electron chi connectivity index (χ3n) is 6.24. The summed E-state index contributed by atoms with van der Waals surface area (Å²) in [7, 11) is 0. The molecule has 36 heavy (non-hydrogen) atoms. The SMILES string of the molecule is CC(=O)N1CCCC1COc1ccc(Oc2ccc(CC(=O)Cc3ccccc3C(=O)O)cc2)cc1. The molecule has 1 unspecified atom stereocenters. The Morgan fingerprint density at radius 2 is 1.53 bits per heavy atom. The first-order valence-electron chi connectivity index (χ1n) is 12.0. The number of rotatable bonds is 10. The molecule has 186 valence electrons. The van der Waals surface area contributed by atoms with Gasteiger partial charge in [-0.1, -0.05) is 30.3 Å². The highest BCUT2D eigenvalue weighted by Crippen LogP contribution is 2.25. The van der Waals surface area contributed by atoms with Crippen LogP contribution in [0.25, 0.3) is 0 Å². The zero-order chi connectivity index (χ0) is 25.5. The fourth-order valence-electron chi connectivity index (χ4n) is 4.42. The maximum Gasteiger partial charge on any atom is 0.335 e. The van der Waals surface area contributed by atoms with Gasteiger partial charge in [-0.05, 0) is 66.4 Å². The second kappa shape index (κ2) is 11.5. The Bertz CT molecular complexity index is 1220. The summed E-state index contributed by atoms with van der Waals surface area (Å²) in [6.07, 6.45) is 2.25. The van der Waals surface area contributed by atoms with Gasteiger partial charge in [-0.15, -0.1) is 0 Å². The number of benzene rings is 3. The van der Waals surface area contributed by atoms with Crippen molar-refractivity contribution in [1.29, 1.82) is 0 Å². The number of amides is 1. The normalized spacial score (nSPS) is 14.9. The number of aromatic carboxylic acids is 1. The van der Waals surface area contributed by atoms with Gasteiger partial charge in [-0.2, -0.15) is 0 Å². The van der Waals surface area contributed by atoms with E-state index in [1.165, 1.54) is 6.07 Å². The van der Waals surface area contributed by atoms with Crippen LogP contribution in [0.1, 0.15) is 41.3 Å². The van der Waals surface area contributed by atoms with E-state index < -0.39 is 5.97 Å². The van der Waals surface area contributed by atoms with Crippen LogP contribution in [0, 0.1) is 0 Å². The predicted molar refractivity (Wildman–Crippen MR) is 135 cm³/mol. The van der Waals surface area contributed by atoms with E-state index in [4.69, 9.17) is 9.47 Å². The average molecular weight is 488 g/mol. The van der Waals surface area contributed by atoms with Gasteiger partial charge in [0.2, 0.25) is 5.91 Å². The lowest BCUT2D eigenvalue weighted by Gasteiger charge is -2.23. The first kappa shape index (κ1) is 25.0. The minimum absolute atomic E-state index is 0.0583. The average Bonchev–Trinajstić information content (AvgIpc) is 3.34. The Balaban J connectivity index is 1.27. The van der Waals surface area contributed by atoms with Gasteiger partial charge < -0.3 is 19.5 Å². The smallest absolute Gasteiger partial charge is 0.335 e. The summed E-state index contributed by atoms with van der Waals surface area (Å²) in [5, 5.41) is 9.29. The van der Waals surface area contributed by atoms with Crippen molar-refractivity contribution in [3.8, 4) is 17.2 Å². The lowest BCUT2D eigenvalue weighted by Crippen LogP contribution is -2.37. The van der Waals surface area contributed by atoms with Gasteiger partial charge in [0.05, 0.1) is 11.6 Å². The molecule has 0 radical (unpaired) electrons. The highest BCUT2D eigenvalue weighted by atomic mass is 16.5. The molecular formula is C29H29NO6. The number of carbonyl (C=O) groups excluding carboxylic acids is 2. The molecule has 1 amide bonds. The van der Waals surface area contributed by atoms with Crippen molar-refractivity contribution in [2.45, 2.75) is 38.6 Å². The van der Waals surface area contributed by atoms with Crippen molar-refractivity contribution < 1.29 is 29.0 Å². The maximum absolute atomic E-state index is 12.5. The van der Waals surface area contributed by atoms with Crippen molar-refractivity contribution >= 4 is 17.7 Å². The van der Waals surface area contributed by atoms with E-state index in [2.05, 4.69) is 0 Å². The van der Waals surface area contributed by atoms with Crippen molar-refractivity contribution in [1.82, 2.24) is 4.90 Å². The molecule has 1 aliphatic heterocycles. The van der Waals surface area contributed by atoms with Crippen molar-refractivity contribution in [2.75, 3.05) is 13.2 Å². The van der Waals surface area contributed by atoms with Gasteiger partial charge in [0.1, 0.15) is 29.6 Å². The summed E-state index contributed by atoms with van der Waals surface area (Å²) in [5.74, 6) is 1.01. The fraction of sp³-hybridized carbons (Fsp3) is 0.276. The summed E-state index contributed by atoms with van der Waals surface area (Å²) in [5.41, 5.74) is 1.50. The molecule has 1 atom stereocenters. The molecule has 7 heteroatoms. The van der Waals surface area contributed by atoms with E-state index in [0.717, 1.165) is 30.7 Å². The van der Waals surface area contributed by atoms with E-state index in [-0.39, 0.29) is 36.1 Å². The quantitative estimate of drug-likeness (QED) is 0.436. The van der Waals surface area contributed by atoms with Crippen LogP contribution in [0.3, 0.4) is 0 Å². The summed E-state index contributed by atoms with van der Waals surface area (Å²) in [6.45, 7) is 2.86. The Morgan fingerprint density at radius 1 is 0.889 bits per heavy atom. The largest absolute Gasteiger partial charge is 0.491 e. The summed E-state index contributed by atoms with van der Waals surface area (Å²) >= 11 is 0. The van der Waals surface area contributed by atoms with Crippen molar-refractivity contribution in [3.63, 3.8) is 0 Å². The highest BCUT2D eigenvalue weighted by molar-refractivity contribution is 5.92. The van der Waals surface area contributed by atoms with E-state index >= 15 is 0 Å². The van der Waals surface area contributed by atoms with E-state index in [1.54, 1.807) is 37.3 Å². The molecule has 3 aromatic rings. The Labute approximate surface area is 210 Å². The molecule has 0 saturated carbocycles. The van der Waals surface area contributed by atoms with Crippen molar-refractivity contribution in [3.05, 3.63) is 89.5 Å². The van der Waals surface area contributed by atoms with Crippen LogP contribution in [-0.4, -0.2) is 46.9 Å². The van der Waals surface area contributed by atoms with Crippen LogP contribution < -0.4 is 9.47 Å². The van der Waals surface area contributed by atoms with Crippen LogP contribution in [0.2, 0.25) is 0 Å². The second-order valence-electron chi connectivity index (χ2n) is 8.89. The summed E-state index contributed by atoms with van der Waals surface area (Å²) in [4.78, 5) is 37.4. The topological polar surface area (TPSA) is 93.1 Å². The third kappa shape index (κ3) is 6.50. The molecule has 0 spiro atoms. The standard InChI is InChI=1S/C29H29NO6/c1-20(31)30-16-4-6-23(30)19-35-25-12-14-27(15-13-25)36-26-10-8-21(9-11-26)17-24(32)18-22-5-2-3-7-28(22)29(33)34/h2-3,5,7-15,23H,4,6,16-19H2,1H3,(H,33,34). The first-order valence-corrected chi connectivity index (χ1v) is 12.0. The lowest BCUT2D eigenvalue weighted by atomic mass is 9.99. The van der Waals surface area contributed by atoms with Crippen LogP contribution in [0.5, 0.6) is 17.2 Å². The number of carbonyl (C=O) groups is 3. The van der Waals surface area contributed by atoms with Gasteiger partial charge in [-0.3, -0.25) is 9.59 Å². The Morgan fingerprint density at radius 3 is 2.19 bits per heavy atom. The summed E-state index contributed by atoms with van der Waals surface area (Å²) in [6, 6.07) is 21.3. The fourth-order valence-corrected chi connectivity index (χ4v) is 4.42. The number of hydrogen-bond donors (Lipinski definition) is 1. The van der Waals surface area contributed by atoms with Crippen LogP contribution in [0.4, 0.5) is 0 Å². The predicted octanol–water partition coefficient (Wildman–Crippen LogP) is 4.92.